The Kier molecular flexibility index (Phi) is 8.61. The highest BCUT2D eigenvalue weighted by Crippen LogP contribution is 2.26. The molecule has 0 fully saturated rings. The van der Waals surface area contributed by atoms with Gasteiger partial charge in [-0.25, -0.2) is 4.79 Å². The van der Waals surface area contributed by atoms with E-state index in [-0.39, 0.29) is 12.3 Å². The van der Waals surface area contributed by atoms with Gasteiger partial charge < -0.3 is 19.9 Å². The second kappa shape index (κ2) is 11.2. The molecule has 0 spiro atoms. The van der Waals surface area contributed by atoms with E-state index in [1.54, 1.807) is 31.4 Å². The van der Waals surface area contributed by atoms with E-state index < -0.39 is 29.8 Å². The largest absolute Gasteiger partial charge is 0.497 e. The summed E-state index contributed by atoms with van der Waals surface area (Å²) in [6.45, 7) is 3.87. The van der Waals surface area contributed by atoms with Crippen LogP contribution in [0.4, 0.5) is 0 Å². The van der Waals surface area contributed by atoms with Crippen molar-refractivity contribution in [1.29, 1.82) is 0 Å². The molecule has 0 bridgehead atoms. The van der Waals surface area contributed by atoms with Crippen LogP contribution in [-0.4, -0.2) is 37.2 Å². The fraction of sp³-hybridized carbons (Fsp3) is 0.375. The third-order valence-electron chi connectivity index (χ3n) is 4.95. The van der Waals surface area contributed by atoms with Crippen LogP contribution in [-0.2, 0) is 19.1 Å². The average Bonchev–Trinajstić information content (AvgIpc) is 2.76. The molecule has 2 N–H and O–H groups in total. The molecular formula is C24H29NO6. The van der Waals surface area contributed by atoms with Gasteiger partial charge in [-0.2, -0.15) is 0 Å². The zero-order valence-electron chi connectivity index (χ0n) is 18.3. The van der Waals surface area contributed by atoms with Crippen LogP contribution in [0.15, 0.2) is 48.5 Å². The summed E-state index contributed by atoms with van der Waals surface area (Å²) in [7, 11) is 2.85. The van der Waals surface area contributed by atoms with Gasteiger partial charge in [-0.1, -0.05) is 50.2 Å². The van der Waals surface area contributed by atoms with Gasteiger partial charge in [0.25, 0.3) is 0 Å². The summed E-state index contributed by atoms with van der Waals surface area (Å²) in [6, 6.07) is 13.2. The quantitative estimate of drug-likeness (QED) is 0.559. The first kappa shape index (κ1) is 23.9. The van der Waals surface area contributed by atoms with E-state index in [0.717, 1.165) is 16.9 Å². The van der Waals surface area contributed by atoms with Crippen LogP contribution >= 0.6 is 0 Å². The zero-order valence-corrected chi connectivity index (χ0v) is 18.3. The van der Waals surface area contributed by atoms with Crippen molar-refractivity contribution in [2.45, 2.75) is 32.7 Å². The number of hydrogen-bond acceptors (Lipinski definition) is 5. The van der Waals surface area contributed by atoms with Crippen LogP contribution in [0, 0.1) is 11.8 Å². The third kappa shape index (κ3) is 6.84. The Bertz CT molecular complexity index is 907. The molecule has 7 nitrogen and oxygen atoms in total. The van der Waals surface area contributed by atoms with Crippen molar-refractivity contribution >= 4 is 17.8 Å². The molecule has 0 aliphatic rings. The van der Waals surface area contributed by atoms with Crippen LogP contribution in [0.3, 0.4) is 0 Å². The Balaban J connectivity index is 2.21. The number of carboxylic acid groups (broad SMARTS) is 1. The summed E-state index contributed by atoms with van der Waals surface area (Å²) in [5, 5.41) is 12.3. The van der Waals surface area contributed by atoms with Gasteiger partial charge in [-0.15, -0.1) is 0 Å². The molecule has 2 atom stereocenters. The fourth-order valence-corrected chi connectivity index (χ4v) is 3.36. The van der Waals surface area contributed by atoms with Crippen LogP contribution in [0.2, 0.25) is 0 Å². The number of aliphatic carboxylic acids is 1. The molecular weight excluding hydrogens is 398 g/mol. The van der Waals surface area contributed by atoms with Gasteiger partial charge in [0.1, 0.15) is 5.75 Å². The third-order valence-corrected chi connectivity index (χ3v) is 4.95. The van der Waals surface area contributed by atoms with E-state index in [2.05, 4.69) is 10.1 Å². The first-order valence-corrected chi connectivity index (χ1v) is 10.1. The van der Waals surface area contributed by atoms with Crippen LogP contribution in [0.25, 0.3) is 11.1 Å². The molecule has 166 valence electrons. The Hall–Kier alpha value is -3.35. The summed E-state index contributed by atoms with van der Waals surface area (Å²) in [5.41, 5.74) is 2.26. The second-order valence-corrected chi connectivity index (χ2v) is 7.74. The van der Waals surface area contributed by atoms with Gasteiger partial charge in [0.15, 0.2) is 6.04 Å². The minimum atomic E-state index is -1.22. The SMILES string of the molecule is COC(=O)C[C@@H](CC(C)C)C(=O)N[C@H](C(=O)O)c1ccc(-c2cccc(OC)c2)cc1. The Labute approximate surface area is 182 Å². The molecule has 0 heterocycles. The molecule has 7 heteroatoms. The summed E-state index contributed by atoms with van der Waals surface area (Å²) in [4.78, 5) is 36.3. The molecule has 2 rings (SSSR count). The van der Waals surface area contributed by atoms with Crippen molar-refractivity contribution in [2.24, 2.45) is 11.8 Å². The lowest BCUT2D eigenvalue weighted by molar-refractivity contribution is -0.145. The molecule has 2 aromatic carbocycles. The van der Waals surface area contributed by atoms with Crippen molar-refractivity contribution in [3.05, 3.63) is 54.1 Å². The van der Waals surface area contributed by atoms with Crippen LogP contribution < -0.4 is 10.1 Å². The van der Waals surface area contributed by atoms with E-state index in [0.29, 0.717) is 12.0 Å². The van der Waals surface area contributed by atoms with Gasteiger partial charge in [-0.05, 0) is 41.2 Å². The number of amides is 1. The Morgan fingerprint density at radius 2 is 1.68 bits per heavy atom. The number of hydrogen-bond donors (Lipinski definition) is 2. The molecule has 0 aliphatic carbocycles. The standard InChI is InChI=1S/C24H29NO6/c1-15(2)12-19(14-21(26)31-4)23(27)25-22(24(28)29)17-10-8-16(9-11-17)18-6-5-7-20(13-18)30-3/h5-11,13,15,19,22H,12,14H2,1-4H3,(H,25,27)(H,28,29)/t19-,22+/m1/s1. The van der Waals surface area contributed by atoms with Gasteiger partial charge in [0.2, 0.25) is 5.91 Å². The molecule has 0 aromatic heterocycles. The highest BCUT2D eigenvalue weighted by atomic mass is 16.5. The van der Waals surface area contributed by atoms with Gasteiger partial charge >= 0.3 is 11.9 Å². The number of methoxy groups -OCH3 is 2. The molecule has 1 amide bonds. The lowest BCUT2D eigenvalue weighted by Crippen LogP contribution is -2.39. The highest BCUT2D eigenvalue weighted by molar-refractivity contribution is 5.88. The molecule has 0 aliphatic heterocycles. The van der Waals surface area contributed by atoms with Gasteiger partial charge in [-0.3, -0.25) is 9.59 Å². The lowest BCUT2D eigenvalue weighted by Gasteiger charge is -2.21. The van der Waals surface area contributed by atoms with Crippen molar-refractivity contribution in [2.75, 3.05) is 14.2 Å². The van der Waals surface area contributed by atoms with E-state index in [4.69, 9.17) is 4.74 Å². The predicted octanol–water partition coefficient (Wildman–Crippen LogP) is 3.83. The van der Waals surface area contributed by atoms with E-state index in [9.17, 15) is 19.5 Å². The maximum absolute atomic E-state index is 12.8. The smallest absolute Gasteiger partial charge is 0.330 e. The van der Waals surface area contributed by atoms with Gasteiger partial charge in [0.05, 0.1) is 20.6 Å². The van der Waals surface area contributed by atoms with Crippen LogP contribution in [0.1, 0.15) is 38.3 Å². The molecule has 0 saturated carbocycles. The van der Waals surface area contributed by atoms with Crippen molar-refractivity contribution in [1.82, 2.24) is 5.32 Å². The summed E-state index contributed by atoms with van der Waals surface area (Å²) in [6.07, 6.45) is 0.351. The second-order valence-electron chi connectivity index (χ2n) is 7.74. The molecule has 31 heavy (non-hydrogen) atoms. The normalized spacial score (nSPS) is 12.7. The maximum atomic E-state index is 12.8. The first-order valence-electron chi connectivity index (χ1n) is 10.1. The summed E-state index contributed by atoms with van der Waals surface area (Å²) >= 11 is 0. The predicted molar refractivity (Wildman–Crippen MR) is 117 cm³/mol. The average molecular weight is 427 g/mol. The zero-order chi connectivity index (χ0) is 23.0. The van der Waals surface area contributed by atoms with Crippen molar-refractivity contribution in [3.8, 4) is 16.9 Å². The maximum Gasteiger partial charge on any atom is 0.330 e. The fourth-order valence-electron chi connectivity index (χ4n) is 3.36. The Morgan fingerprint density at radius 1 is 1.00 bits per heavy atom. The monoisotopic (exact) mass is 427 g/mol. The first-order chi connectivity index (χ1) is 14.7. The minimum Gasteiger partial charge on any atom is -0.497 e. The number of esters is 1. The lowest BCUT2D eigenvalue weighted by atomic mass is 9.92. The number of ether oxygens (including phenoxy) is 2. The Morgan fingerprint density at radius 3 is 2.23 bits per heavy atom. The molecule has 0 saturated heterocycles. The molecule has 0 radical (unpaired) electrons. The highest BCUT2D eigenvalue weighted by Gasteiger charge is 2.29. The summed E-state index contributed by atoms with van der Waals surface area (Å²) in [5.74, 6) is -1.95. The number of benzene rings is 2. The molecule has 0 unspecified atom stereocenters. The van der Waals surface area contributed by atoms with E-state index in [1.165, 1.54) is 7.11 Å². The number of nitrogens with one attached hydrogen (secondary N) is 1. The molecule has 2 aromatic rings. The summed E-state index contributed by atoms with van der Waals surface area (Å²) < 4.78 is 9.92. The van der Waals surface area contributed by atoms with Crippen molar-refractivity contribution in [3.63, 3.8) is 0 Å². The number of carboxylic acids is 1. The van der Waals surface area contributed by atoms with E-state index >= 15 is 0 Å². The van der Waals surface area contributed by atoms with Crippen molar-refractivity contribution < 1.29 is 29.0 Å². The van der Waals surface area contributed by atoms with Gasteiger partial charge in [0, 0.05) is 5.92 Å². The topological polar surface area (TPSA) is 102 Å². The number of carbonyl (C=O) groups excluding carboxylic acids is 2. The van der Waals surface area contributed by atoms with Crippen LogP contribution in [0.5, 0.6) is 5.75 Å². The number of rotatable bonds is 10. The number of carbonyl (C=O) groups is 3. The minimum absolute atomic E-state index is 0.0956. The van der Waals surface area contributed by atoms with E-state index in [1.807, 2.05) is 38.1 Å².